The smallest absolute Gasteiger partial charge is 0.443 e. The number of hydrogen-bond donors (Lipinski definition) is 4. The Bertz CT molecular complexity index is 969. The molecule has 0 bridgehead atoms. The van der Waals surface area contributed by atoms with E-state index in [1.807, 2.05) is 13.8 Å². The number of ether oxygens (including phenoxy) is 3. The molecule has 0 saturated carbocycles. The highest BCUT2D eigenvalue weighted by atomic mass is 19.4. The molecule has 220 valence electrons. The third-order valence-corrected chi connectivity index (χ3v) is 5.77. The van der Waals surface area contributed by atoms with Crippen LogP contribution in [0, 0.1) is 10.1 Å². The Morgan fingerprint density at radius 2 is 1.74 bits per heavy atom. The minimum atomic E-state index is -4.73. The molecule has 15 heteroatoms. The molecular formula is C24H36F3N5O7. The number of imidazole rings is 1. The van der Waals surface area contributed by atoms with Gasteiger partial charge < -0.3 is 45.2 Å². The van der Waals surface area contributed by atoms with Crippen molar-refractivity contribution in [3.63, 3.8) is 0 Å². The standard InChI is InChI=1S/C14H12F3N3O5.C10H24N2O2/c15-14(16,17)25-10-3-1-9(2-4-10)7-23-11-5-19-6-12(20(21)22)18-13(19)24-8-11;1-3-9(7-13)11-5-6-12-10(4-2)8-14/h1-4,6,11H,5,7-8H2;9-14H,3-8H2,1-2H3. The van der Waals surface area contributed by atoms with Crippen molar-refractivity contribution >= 4 is 5.82 Å². The molecule has 39 heavy (non-hydrogen) atoms. The number of nitrogens with zero attached hydrogens (tertiary/aromatic N) is 3. The van der Waals surface area contributed by atoms with Gasteiger partial charge in [0, 0.05) is 30.2 Å². The van der Waals surface area contributed by atoms with Crippen LogP contribution in [0.25, 0.3) is 0 Å². The summed E-state index contributed by atoms with van der Waals surface area (Å²) >= 11 is 0. The summed E-state index contributed by atoms with van der Waals surface area (Å²) in [5.41, 5.74) is 0.650. The van der Waals surface area contributed by atoms with Crippen molar-refractivity contribution in [2.24, 2.45) is 0 Å². The zero-order chi connectivity index (χ0) is 28.8. The molecule has 0 spiro atoms. The maximum atomic E-state index is 12.1. The molecule has 0 radical (unpaired) electrons. The first-order valence-electron chi connectivity index (χ1n) is 12.6. The van der Waals surface area contributed by atoms with Gasteiger partial charge in [0.25, 0.3) is 0 Å². The predicted octanol–water partition coefficient (Wildman–Crippen LogP) is 2.38. The van der Waals surface area contributed by atoms with Crippen LogP contribution in [0.2, 0.25) is 0 Å². The van der Waals surface area contributed by atoms with Gasteiger partial charge in [-0.2, -0.15) is 0 Å². The minimum absolute atomic E-state index is 0.145. The lowest BCUT2D eigenvalue weighted by Gasteiger charge is -2.22. The average molecular weight is 564 g/mol. The highest BCUT2D eigenvalue weighted by molar-refractivity contribution is 5.27. The summed E-state index contributed by atoms with van der Waals surface area (Å²) in [5.74, 6) is -0.622. The number of rotatable bonds is 14. The number of nitrogens with one attached hydrogen (secondary N) is 2. The van der Waals surface area contributed by atoms with Gasteiger partial charge in [-0.05, 0) is 35.5 Å². The lowest BCUT2D eigenvalue weighted by atomic mass is 10.2. The number of halogens is 3. The molecule has 12 nitrogen and oxygen atoms in total. The first kappa shape index (κ1) is 32.2. The summed E-state index contributed by atoms with van der Waals surface area (Å²) in [6.07, 6.45) is -1.97. The van der Waals surface area contributed by atoms with E-state index in [4.69, 9.17) is 19.7 Å². The van der Waals surface area contributed by atoms with Gasteiger partial charge in [-0.15, -0.1) is 13.2 Å². The van der Waals surface area contributed by atoms with Crippen molar-refractivity contribution in [3.8, 4) is 11.8 Å². The van der Waals surface area contributed by atoms with Crippen molar-refractivity contribution < 1.29 is 42.5 Å². The van der Waals surface area contributed by atoms with Crippen LogP contribution in [0.4, 0.5) is 19.0 Å². The number of aliphatic hydroxyl groups is 2. The number of nitro groups is 1. The van der Waals surface area contributed by atoms with E-state index in [-0.39, 0.29) is 62.2 Å². The average Bonchev–Trinajstić information content (AvgIpc) is 3.34. The van der Waals surface area contributed by atoms with E-state index >= 15 is 0 Å². The monoisotopic (exact) mass is 563 g/mol. The number of alkyl halides is 3. The third kappa shape index (κ3) is 11.7. The molecule has 1 aromatic carbocycles. The zero-order valence-corrected chi connectivity index (χ0v) is 21.9. The Kier molecular flexibility index (Phi) is 13.4. The molecular weight excluding hydrogens is 527 g/mol. The highest BCUT2D eigenvalue weighted by Gasteiger charge is 2.31. The quantitative estimate of drug-likeness (QED) is 0.153. The van der Waals surface area contributed by atoms with E-state index in [1.54, 1.807) is 0 Å². The lowest BCUT2D eigenvalue weighted by molar-refractivity contribution is -0.389. The Balaban J connectivity index is 0.000000326. The number of aromatic nitrogens is 2. The number of aliphatic hydroxyl groups excluding tert-OH is 2. The van der Waals surface area contributed by atoms with Crippen LogP contribution in [0.1, 0.15) is 32.3 Å². The molecule has 2 heterocycles. The van der Waals surface area contributed by atoms with Crippen LogP contribution < -0.4 is 20.1 Å². The lowest BCUT2D eigenvalue weighted by Crippen LogP contribution is -2.40. The number of benzene rings is 1. The molecule has 3 rings (SSSR count). The number of fused-ring (bicyclic) bond motifs is 1. The molecule has 1 aliphatic heterocycles. The molecule has 4 N–H and O–H groups in total. The number of hydrogen-bond acceptors (Lipinski definition) is 10. The fraction of sp³-hybridized carbons (Fsp3) is 0.625. The van der Waals surface area contributed by atoms with Gasteiger partial charge in [0.05, 0.1) is 26.4 Å². The van der Waals surface area contributed by atoms with Crippen molar-refractivity contribution in [1.29, 1.82) is 0 Å². The van der Waals surface area contributed by atoms with Crippen LogP contribution in [-0.2, 0) is 17.9 Å². The second kappa shape index (κ2) is 16.2. The largest absolute Gasteiger partial charge is 0.573 e. The zero-order valence-electron chi connectivity index (χ0n) is 21.9. The summed E-state index contributed by atoms with van der Waals surface area (Å²) in [4.78, 5) is 13.8. The van der Waals surface area contributed by atoms with Crippen molar-refractivity contribution in [2.75, 3.05) is 32.9 Å². The summed E-state index contributed by atoms with van der Waals surface area (Å²) in [6, 6.07) is 5.86. The topological polar surface area (TPSA) is 153 Å². The summed E-state index contributed by atoms with van der Waals surface area (Å²) in [7, 11) is 0. The van der Waals surface area contributed by atoms with Gasteiger partial charge in [-0.1, -0.05) is 26.0 Å². The molecule has 1 aliphatic rings. The summed E-state index contributed by atoms with van der Waals surface area (Å²) in [6.45, 7) is 6.77. The van der Waals surface area contributed by atoms with Crippen LogP contribution in [-0.4, -0.2) is 82.1 Å². The predicted molar refractivity (Wildman–Crippen MR) is 134 cm³/mol. The van der Waals surface area contributed by atoms with E-state index in [1.165, 1.54) is 35.0 Å². The first-order valence-corrected chi connectivity index (χ1v) is 12.6. The van der Waals surface area contributed by atoms with E-state index in [0.717, 1.165) is 25.9 Å². The van der Waals surface area contributed by atoms with Gasteiger partial charge in [-0.3, -0.25) is 4.57 Å². The van der Waals surface area contributed by atoms with E-state index in [9.17, 15) is 23.3 Å². The second-order valence-corrected chi connectivity index (χ2v) is 8.71. The van der Waals surface area contributed by atoms with Crippen LogP contribution in [0.5, 0.6) is 11.8 Å². The Morgan fingerprint density at radius 1 is 1.15 bits per heavy atom. The second-order valence-electron chi connectivity index (χ2n) is 8.71. The van der Waals surface area contributed by atoms with Crippen LogP contribution >= 0.6 is 0 Å². The highest BCUT2D eigenvalue weighted by Crippen LogP contribution is 2.24. The Morgan fingerprint density at radius 3 is 2.23 bits per heavy atom. The summed E-state index contributed by atoms with van der Waals surface area (Å²) in [5, 5.41) is 35.0. The molecule has 0 fully saturated rings. The van der Waals surface area contributed by atoms with E-state index in [2.05, 4.69) is 20.4 Å². The van der Waals surface area contributed by atoms with E-state index in [0.29, 0.717) is 12.1 Å². The first-order chi connectivity index (χ1) is 18.6. The van der Waals surface area contributed by atoms with Crippen molar-refractivity contribution in [1.82, 2.24) is 20.2 Å². The SMILES string of the molecule is CCC(CO)NCCNC(CC)CO.O=[N+]([O-])c1cn2c(n1)OCC(OCc1ccc(OC(F)(F)F)cc1)C2. The normalized spacial score (nSPS) is 16.3. The molecule has 3 unspecified atom stereocenters. The summed E-state index contributed by atoms with van der Waals surface area (Å²) < 4.78 is 52.5. The van der Waals surface area contributed by atoms with Gasteiger partial charge in [-0.25, -0.2) is 0 Å². The van der Waals surface area contributed by atoms with Gasteiger partial charge >= 0.3 is 18.2 Å². The van der Waals surface area contributed by atoms with Crippen molar-refractivity contribution in [2.45, 2.75) is 64.4 Å². The molecule has 3 atom stereocenters. The van der Waals surface area contributed by atoms with Gasteiger partial charge in [0.2, 0.25) is 0 Å². The molecule has 0 amide bonds. The molecule has 2 aromatic rings. The maximum absolute atomic E-state index is 12.1. The minimum Gasteiger partial charge on any atom is -0.443 e. The Labute approximate surface area is 224 Å². The molecule has 0 aliphatic carbocycles. The Hall–Kier alpha value is -2.98. The van der Waals surface area contributed by atoms with Gasteiger partial charge in [0.15, 0.2) is 0 Å². The maximum Gasteiger partial charge on any atom is 0.573 e. The van der Waals surface area contributed by atoms with Gasteiger partial charge in [0.1, 0.15) is 24.7 Å². The van der Waals surface area contributed by atoms with Crippen LogP contribution in [0.15, 0.2) is 30.5 Å². The molecule has 0 saturated heterocycles. The van der Waals surface area contributed by atoms with Crippen LogP contribution in [0.3, 0.4) is 0 Å². The fourth-order valence-electron chi connectivity index (χ4n) is 3.49. The van der Waals surface area contributed by atoms with Crippen molar-refractivity contribution in [3.05, 3.63) is 46.1 Å². The fourth-order valence-corrected chi connectivity index (χ4v) is 3.49. The van der Waals surface area contributed by atoms with E-state index < -0.39 is 11.3 Å². The molecule has 1 aromatic heterocycles. The third-order valence-electron chi connectivity index (χ3n) is 5.77.